The third-order valence-electron chi connectivity index (χ3n) is 8.96. The van der Waals surface area contributed by atoms with Crippen LogP contribution in [0.15, 0.2) is 107 Å². The van der Waals surface area contributed by atoms with Crippen LogP contribution >= 0.6 is 80.9 Å². The molecule has 8 rings (SSSR count). The predicted molar refractivity (Wildman–Crippen MR) is 268 cm³/mol. The number of alkyl halides is 1. The summed E-state index contributed by atoms with van der Waals surface area (Å²) in [5.74, 6) is 0.516. The van der Waals surface area contributed by atoms with E-state index in [4.69, 9.17) is 52.0 Å². The van der Waals surface area contributed by atoms with Crippen molar-refractivity contribution in [2.75, 3.05) is 44.9 Å². The number of aryl methyl sites for hydroxylation is 2. The van der Waals surface area contributed by atoms with E-state index < -0.39 is 21.4 Å². The maximum absolute atomic E-state index is 13.1. The van der Waals surface area contributed by atoms with Gasteiger partial charge in [-0.05, 0) is 141 Å². The summed E-state index contributed by atoms with van der Waals surface area (Å²) in [5, 5.41) is 15.9. The maximum atomic E-state index is 13.1. The Morgan fingerprint density at radius 2 is 1.24 bits per heavy atom. The number of nitrogens with two attached hydrogens (primary N) is 1. The van der Waals surface area contributed by atoms with Gasteiger partial charge in [0.25, 0.3) is 6.47 Å². The fourth-order valence-electron chi connectivity index (χ4n) is 6.20. The van der Waals surface area contributed by atoms with Crippen LogP contribution < -0.4 is 130 Å². The van der Waals surface area contributed by atoms with Gasteiger partial charge < -0.3 is 40.9 Å². The molecule has 0 atom stereocenters. The topological polar surface area (TPSA) is 209 Å². The smallest absolute Gasteiger partial charge is 1.00 e. The van der Waals surface area contributed by atoms with Crippen molar-refractivity contribution in [2.24, 2.45) is 14.1 Å². The number of nitrogens with zero attached hydrogens (tertiary/aromatic N) is 8. The third kappa shape index (κ3) is 17.1. The number of fused-ring (bicyclic) bond motifs is 2. The molecule has 6 aromatic heterocycles. The van der Waals surface area contributed by atoms with E-state index >= 15 is 0 Å². The van der Waals surface area contributed by atoms with Crippen LogP contribution in [0.25, 0.3) is 44.3 Å². The summed E-state index contributed by atoms with van der Waals surface area (Å²) in [6, 6.07) is 19.6. The molecule has 0 saturated carbocycles. The van der Waals surface area contributed by atoms with Gasteiger partial charge in [-0.1, -0.05) is 23.7 Å². The van der Waals surface area contributed by atoms with Crippen LogP contribution in [0.5, 0.6) is 0 Å². The summed E-state index contributed by atoms with van der Waals surface area (Å²) in [6.07, 6.45) is 10.7. The van der Waals surface area contributed by atoms with Crippen molar-refractivity contribution in [2.45, 2.75) is 0 Å². The molecular weight excluding hydrogens is 1150 g/mol. The number of rotatable bonds is 7. The first-order valence-corrected chi connectivity index (χ1v) is 26.4. The largest absolute Gasteiger partial charge is 1.00 e. The Labute approximate surface area is 506 Å². The summed E-state index contributed by atoms with van der Waals surface area (Å²) in [6.45, 7) is 6.81. The van der Waals surface area contributed by atoms with Gasteiger partial charge in [-0.25, -0.2) is 24.9 Å². The predicted octanol–water partition coefficient (Wildman–Crippen LogP) is 4.20. The van der Waals surface area contributed by atoms with Crippen LogP contribution in [0.1, 0.15) is 2.80 Å². The molecule has 0 unspecified atom stereocenters. The van der Waals surface area contributed by atoms with E-state index in [0.717, 1.165) is 60.6 Å². The SMILES string of the molecule is Clc1ncc(Br)c(Cl)n1.Cn1cc(-c2ccc(N)c(P(C)(C)=O)c2)c2cccnc21.Cn1cc(-c2ccc(Nc3nc(Cl)ncc3Br)c(P(C)(C)=O)c2)c2cccnc21.O=CO[O-].[2H]CF.[H-].[K+].[K+]. The van der Waals surface area contributed by atoms with Crippen molar-refractivity contribution in [1.82, 2.24) is 39.0 Å². The minimum absolute atomic E-state index is 0. The normalized spacial score (nSPS) is 10.7. The Morgan fingerprint density at radius 1 is 0.791 bits per heavy atom. The number of aromatic nitrogens is 8. The molecular formula is C42H42Br2Cl3FK2N10O5P2. The zero-order valence-electron chi connectivity index (χ0n) is 39.4. The summed E-state index contributed by atoms with van der Waals surface area (Å²) in [4.78, 5) is 35.6. The van der Waals surface area contributed by atoms with Crippen molar-refractivity contribution >= 4 is 137 Å². The van der Waals surface area contributed by atoms with Gasteiger partial charge in [-0.2, -0.15) is 4.98 Å². The number of anilines is 3. The molecule has 0 aliphatic heterocycles. The molecule has 344 valence electrons. The average Bonchev–Trinajstić information content (AvgIpc) is 3.80. The van der Waals surface area contributed by atoms with Gasteiger partial charge in [0.05, 0.1) is 23.2 Å². The van der Waals surface area contributed by atoms with Crippen LogP contribution in [0.3, 0.4) is 0 Å². The molecule has 0 aliphatic rings. The van der Waals surface area contributed by atoms with Crippen molar-refractivity contribution in [1.29, 1.82) is 0 Å². The molecule has 0 saturated heterocycles. The fourth-order valence-corrected chi connectivity index (χ4v) is 9.43. The molecule has 0 radical (unpaired) electrons. The number of carbonyl (C=O) groups excluding carboxylic acids is 1. The van der Waals surface area contributed by atoms with E-state index in [0.29, 0.717) is 25.6 Å². The summed E-state index contributed by atoms with van der Waals surface area (Å²) in [7, 11) is -2.06. The Kier molecular flexibility index (Phi) is 25.5. The Morgan fingerprint density at radius 3 is 1.69 bits per heavy atom. The van der Waals surface area contributed by atoms with Gasteiger partial charge in [0.1, 0.15) is 36.5 Å². The molecule has 25 heteroatoms. The second-order valence-corrected chi connectivity index (χ2v) is 23.3. The average molecular weight is 1190 g/mol. The fraction of sp³-hybridized carbons (Fsp3) is 0.167. The van der Waals surface area contributed by atoms with E-state index in [9.17, 15) is 13.5 Å². The van der Waals surface area contributed by atoms with Gasteiger partial charge in [-0.3, -0.25) is 9.18 Å². The maximum Gasteiger partial charge on any atom is 1.00 e. The number of nitrogen functional groups attached to an aromatic ring is 1. The molecule has 0 amide bonds. The number of hydrogen-bond donors (Lipinski definition) is 2. The molecule has 3 N–H and O–H groups in total. The quantitative estimate of drug-likeness (QED) is 0.0336. The van der Waals surface area contributed by atoms with Crippen molar-refractivity contribution in [3.8, 4) is 22.3 Å². The Bertz CT molecular complexity index is 3090. The first-order chi connectivity index (χ1) is 31.1. The molecule has 0 fully saturated rings. The summed E-state index contributed by atoms with van der Waals surface area (Å²) >= 11 is 23.4. The monoisotopic (exact) mass is 1190 g/mol. The number of benzene rings is 2. The van der Waals surface area contributed by atoms with E-state index in [1.807, 2.05) is 96.3 Å². The molecule has 0 spiro atoms. The Balaban J connectivity index is 0.000000519. The molecule has 0 aliphatic carbocycles. The second-order valence-electron chi connectivity index (χ2n) is 14.2. The molecule has 8 aromatic rings. The van der Waals surface area contributed by atoms with Crippen LogP contribution in [0.4, 0.5) is 21.6 Å². The van der Waals surface area contributed by atoms with Crippen molar-refractivity contribution in [3.05, 3.63) is 123 Å². The molecule has 2 aromatic carbocycles. The number of hydrogen-bond acceptors (Lipinski definition) is 13. The Hall–Kier alpha value is -1.50. The minimum Gasteiger partial charge on any atom is -1.00 e. The number of nitrogens with one attached hydrogen (secondary N) is 1. The van der Waals surface area contributed by atoms with Crippen LogP contribution in [-0.4, -0.2) is 79.3 Å². The zero-order chi connectivity index (χ0) is 48.9. The van der Waals surface area contributed by atoms with Gasteiger partial charge in [-0.15, -0.1) is 0 Å². The summed E-state index contributed by atoms with van der Waals surface area (Å²) < 4.78 is 46.3. The van der Waals surface area contributed by atoms with Gasteiger partial charge in [0.15, 0.2) is 0 Å². The van der Waals surface area contributed by atoms with Gasteiger partial charge >= 0.3 is 103 Å². The number of halogens is 6. The first-order valence-electron chi connectivity index (χ1n) is 19.2. The van der Waals surface area contributed by atoms with Crippen molar-refractivity contribution < 1.29 is 134 Å². The summed E-state index contributed by atoms with van der Waals surface area (Å²) in [5.41, 5.74) is 13.2. The van der Waals surface area contributed by atoms with E-state index in [1.54, 1.807) is 45.2 Å². The number of pyridine rings is 2. The third-order valence-corrected chi connectivity index (χ3v) is 14.1. The van der Waals surface area contributed by atoms with E-state index in [1.165, 1.54) is 6.20 Å². The van der Waals surface area contributed by atoms with E-state index in [2.05, 4.69) is 72.0 Å². The second kappa shape index (κ2) is 28.5. The number of carbonyl (C=O) groups is 1. The molecule has 67 heavy (non-hydrogen) atoms. The van der Waals surface area contributed by atoms with Crippen molar-refractivity contribution in [3.63, 3.8) is 0 Å². The molecule has 15 nitrogen and oxygen atoms in total. The van der Waals surface area contributed by atoms with Gasteiger partial charge in [0.2, 0.25) is 10.6 Å². The zero-order valence-corrected chi connectivity index (χ0v) is 50.9. The van der Waals surface area contributed by atoms with Gasteiger partial charge in [0, 0.05) is 89.5 Å². The molecule has 6 heterocycles. The van der Waals surface area contributed by atoms with Crippen LogP contribution in [0.2, 0.25) is 15.7 Å². The first kappa shape index (κ1) is 59.8. The standard InChI is InChI=1S/C20H18BrClN5OP.C16H18N3OP.C4HBrCl2N2.CH3F.CH2O3.2K.H/c1-27-11-14(13-5-4-8-23-19(13)27)12-6-7-16(17(9-12)29(2,3)28)25-18-15(21)10-24-20(22)26-18;1-19-10-13(12-5-4-8-18-16(12)19)11-6-7-14(17)15(9-11)21(2,3)20;5-2-1-8-4(7)9-3(2)6;1-2;2-1-4-3;;;/h4-11H,1-3H3,(H,24,25,26);4-10H,17H2,1-3H3;1H;1H3;1,3H;;;/q;;;;;2*+1;-1/p-1/i;;;1D;;;;. The van der Waals surface area contributed by atoms with Crippen LogP contribution in [-0.2, 0) is 32.9 Å². The minimum atomic E-state index is -2.60. The van der Waals surface area contributed by atoms with E-state index in [-0.39, 0.29) is 121 Å². The molecule has 0 bridgehead atoms. The van der Waals surface area contributed by atoms with Crippen LogP contribution in [0, 0.1) is 0 Å².